The van der Waals surface area contributed by atoms with Crippen molar-refractivity contribution in [2.45, 2.75) is 37.5 Å². The van der Waals surface area contributed by atoms with E-state index in [2.05, 4.69) is 11.4 Å². The second-order valence-electron chi connectivity index (χ2n) is 5.16. The number of rotatable bonds is 1. The maximum Gasteiger partial charge on any atom is 0.227 e. The Morgan fingerprint density at radius 3 is 3.00 bits per heavy atom. The van der Waals surface area contributed by atoms with E-state index in [-0.39, 0.29) is 11.8 Å². The molecule has 4 unspecified atom stereocenters. The van der Waals surface area contributed by atoms with Crippen LogP contribution < -0.4 is 5.32 Å². The Hall–Kier alpha value is -1.12. The number of carbonyl (C=O) groups is 1. The van der Waals surface area contributed by atoms with Crippen molar-refractivity contribution in [2.75, 3.05) is 19.7 Å². The van der Waals surface area contributed by atoms with Crippen LogP contribution in [0.2, 0.25) is 0 Å². The van der Waals surface area contributed by atoms with Crippen molar-refractivity contribution in [3.8, 4) is 6.07 Å². The van der Waals surface area contributed by atoms with Gasteiger partial charge in [-0.1, -0.05) is 0 Å². The smallest absolute Gasteiger partial charge is 0.227 e. The van der Waals surface area contributed by atoms with Crippen LogP contribution in [0.15, 0.2) is 0 Å². The summed E-state index contributed by atoms with van der Waals surface area (Å²) in [6, 6.07) is 3.00. The molecule has 4 atom stereocenters. The highest BCUT2D eigenvalue weighted by molar-refractivity contribution is 5.80. The summed E-state index contributed by atoms with van der Waals surface area (Å²) in [5.41, 5.74) is 0. The SMILES string of the molecule is N#CC1CN(C(=O)C2CC3CCC2N3)CCO1. The largest absolute Gasteiger partial charge is 0.360 e. The van der Waals surface area contributed by atoms with Crippen LogP contribution in [0.3, 0.4) is 0 Å². The maximum atomic E-state index is 12.4. The number of nitrogens with zero attached hydrogens (tertiary/aromatic N) is 2. The Morgan fingerprint density at radius 2 is 2.35 bits per heavy atom. The third-order valence-corrected chi connectivity index (χ3v) is 4.14. The Balaban J connectivity index is 1.64. The minimum absolute atomic E-state index is 0.131. The summed E-state index contributed by atoms with van der Waals surface area (Å²) >= 11 is 0. The van der Waals surface area contributed by atoms with Gasteiger partial charge in [0.1, 0.15) is 0 Å². The molecule has 3 rings (SSSR count). The first-order valence-corrected chi connectivity index (χ1v) is 6.34. The van der Waals surface area contributed by atoms with Gasteiger partial charge in [-0.2, -0.15) is 5.26 Å². The van der Waals surface area contributed by atoms with E-state index >= 15 is 0 Å². The molecule has 2 bridgehead atoms. The van der Waals surface area contributed by atoms with Crippen LogP contribution in [-0.2, 0) is 9.53 Å². The van der Waals surface area contributed by atoms with E-state index in [1.807, 2.05) is 4.90 Å². The van der Waals surface area contributed by atoms with Gasteiger partial charge in [-0.15, -0.1) is 0 Å². The molecule has 0 spiro atoms. The van der Waals surface area contributed by atoms with Gasteiger partial charge in [-0.25, -0.2) is 0 Å². The van der Waals surface area contributed by atoms with Gasteiger partial charge in [0.05, 0.1) is 25.1 Å². The molecule has 0 aromatic carbocycles. The minimum Gasteiger partial charge on any atom is -0.360 e. The number of hydrogen-bond acceptors (Lipinski definition) is 4. The molecule has 0 aromatic heterocycles. The number of nitrogens with one attached hydrogen (secondary N) is 1. The molecule has 3 saturated heterocycles. The van der Waals surface area contributed by atoms with Crippen LogP contribution >= 0.6 is 0 Å². The van der Waals surface area contributed by atoms with E-state index in [4.69, 9.17) is 10.00 Å². The zero-order valence-electron chi connectivity index (χ0n) is 9.76. The van der Waals surface area contributed by atoms with Crippen molar-refractivity contribution in [1.82, 2.24) is 10.2 Å². The Bertz CT molecular complexity index is 365. The third kappa shape index (κ3) is 1.92. The Labute approximate surface area is 101 Å². The molecule has 17 heavy (non-hydrogen) atoms. The zero-order valence-corrected chi connectivity index (χ0v) is 9.76. The fourth-order valence-corrected chi connectivity index (χ4v) is 3.26. The summed E-state index contributed by atoms with van der Waals surface area (Å²) in [5.74, 6) is 0.347. The normalized spacial score (nSPS) is 40.3. The zero-order chi connectivity index (χ0) is 11.8. The molecule has 0 aromatic rings. The lowest BCUT2D eigenvalue weighted by Crippen LogP contribution is -2.49. The monoisotopic (exact) mass is 235 g/mol. The quantitative estimate of drug-likeness (QED) is 0.688. The molecule has 5 heteroatoms. The molecule has 3 fully saturated rings. The van der Waals surface area contributed by atoms with Crippen molar-refractivity contribution in [1.29, 1.82) is 5.26 Å². The number of morpholine rings is 1. The van der Waals surface area contributed by atoms with Gasteiger partial charge in [-0.3, -0.25) is 4.79 Å². The average molecular weight is 235 g/mol. The van der Waals surface area contributed by atoms with Gasteiger partial charge in [0.15, 0.2) is 6.10 Å². The fraction of sp³-hybridized carbons (Fsp3) is 0.833. The summed E-state index contributed by atoms with van der Waals surface area (Å²) in [7, 11) is 0. The molecule has 1 N–H and O–H groups in total. The van der Waals surface area contributed by atoms with Crippen molar-refractivity contribution < 1.29 is 9.53 Å². The lowest BCUT2D eigenvalue weighted by Gasteiger charge is -2.33. The molecule has 5 nitrogen and oxygen atoms in total. The fourth-order valence-electron chi connectivity index (χ4n) is 3.26. The van der Waals surface area contributed by atoms with Crippen molar-refractivity contribution in [3.05, 3.63) is 0 Å². The molecule has 0 radical (unpaired) electrons. The Morgan fingerprint density at radius 1 is 1.47 bits per heavy atom. The van der Waals surface area contributed by atoms with E-state index in [0.717, 1.165) is 12.8 Å². The van der Waals surface area contributed by atoms with Gasteiger partial charge >= 0.3 is 0 Å². The molecule has 0 aliphatic carbocycles. The summed E-state index contributed by atoms with van der Waals surface area (Å²) in [5, 5.41) is 12.3. The molecule has 92 valence electrons. The van der Waals surface area contributed by atoms with Crippen LogP contribution in [-0.4, -0.2) is 48.7 Å². The molecule has 0 saturated carbocycles. The van der Waals surface area contributed by atoms with Crippen LogP contribution in [0.25, 0.3) is 0 Å². The molecule has 3 aliphatic rings. The summed E-state index contributed by atoms with van der Waals surface area (Å²) in [6.07, 6.45) is 2.85. The minimum atomic E-state index is -0.445. The predicted octanol–water partition coefficient (Wildman–Crippen LogP) is -0.122. The first-order valence-electron chi connectivity index (χ1n) is 6.34. The standard InChI is InChI=1S/C12H17N3O2/c13-6-9-7-15(3-4-17-9)12(16)10-5-8-1-2-11(10)14-8/h8-11,14H,1-5,7H2. The van der Waals surface area contributed by atoms with Crippen LogP contribution in [0.4, 0.5) is 0 Å². The molecule has 3 heterocycles. The van der Waals surface area contributed by atoms with E-state index in [1.165, 1.54) is 6.42 Å². The van der Waals surface area contributed by atoms with Crippen molar-refractivity contribution in [2.24, 2.45) is 5.92 Å². The Kier molecular flexibility index (Phi) is 2.77. The van der Waals surface area contributed by atoms with E-state index in [9.17, 15) is 4.79 Å². The first kappa shape index (κ1) is 11.0. The number of fused-ring (bicyclic) bond motifs is 2. The van der Waals surface area contributed by atoms with E-state index < -0.39 is 6.10 Å². The van der Waals surface area contributed by atoms with Gasteiger partial charge in [0, 0.05) is 18.6 Å². The topological polar surface area (TPSA) is 65.4 Å². The first-order chi connectivity index (χ1) is 8.28. The summed E-state index contributed by atoms with van der Waals surface area (Å²) in [6.45, 7) is 1.55. The number of ether oxygens (including phenoxy) is 1. The van der Waals surface area contributed by atoms with Crippen LogP contribution in [0, 0.1) is 17.2 Å². The average Bonchev–Trinajstić information content (AvgIpc) is 3.00. The van der Waals surface area contributed by atoms with Gasteiger partial charge < -0.3 is 15.0 Å². The van der Waals surface area contributed by atoms with Crippen LogP contribution in [0.5, 0.6) is 0 Å². The second-order valence-corrected chi connectivity index (χ2v) is 5.16. The van der Waals surface area contributed by atoms with Crippen molar-refractivity contribution >= 4 is 5.91 Å². The molecule has 1 amide bonds. The van der Waals surface area contributed by atoms with Gasteiger partial charge in [-0.05, 0) is 19.3 Å². The van der Waals surface area contributed by atoms with Crippen LogP contribution in [0.1, 0.15) is 19.3 Å². The van der Waals surface area contributed by atoms with Crippen molar-refractivity contribution in [3.63, 3.8) is 0 Å². The van der Waals surface area contributed by atoms with E-state index in [0.29, 0.717) is 31.8 Å². The molecular weight excluding hydrogens is 218 g/mol. The predicted molar refractivity (Wildman–Crippen MR) is 60.0 cm³/mol. The molecule has 3 aliphatic heterocycles. The summed E-state index contributed by atoms with van der Waals surface area (Å²) < 4.78 is 5.26. The lowest BCUT2D eigenvalue weighted by atomic mass is 9.88. The lowest BCUT2D eigenvalue weighted by molar-refractivity contribution is -0.142. The maximum absolute atomic E-state index is 12.4. The molecular formula is C12H17N3O2. The number of nitriles is 1. The van der Waals surface area contributed by atoms with E-state index in [1.54, 1.807) is 0 Å². The highest BCUT2D eigenvalue weighted by Gasteiger charge is 2.44. The highest BCUT2D eigenvalue weighted by atomic mass is 16.5. The highest BCUT2D eigenvalue weighted by Crippen LogP contribution is 2.34. The summed E-state index contributed by atoms with van der Waals surface area (Å²) in [4.78, 5) is 14.2. The van der Waals surface area contributed by atoms with Gasteiger partial charge in [0.25, 0.3) is 0 Å². The van der Waals surface area contributed by atoms with Gasteiger partial charge in [0.2, 0.25) is 5.91 Å². The second kappa shape index (κ2) is 4.28. The number of amides is 1. The number of hydrogen-bond donors (Lipinski definition) is 1. The third-order valence-electron chi connectivity index (χ3n) is 4.14. The number of carbonyl (C=O) groups excluding carboxylic acids is 1.